The van der Waals surface area contributed by atoms with Gasteiger partial charge in [0.1, 0.15) is 0 Å². The van der Waals surface area contributed by atoms with E-state index in [0.717, 1.165) is 6.54 Å². The molecule has 0 aromatic heterocycles. The minimum absolute atomic E-state index is 1.08. The summed E-state index contributed by atoms with van der Waals surface area (Å²) in [6, 6.07) is 6.44. The van der Waals surface area contributed by atoms with Crippen LogP contribution in [0.4, 0.5) is 5.69 Å². The maximum atomic E-state index is 3.55. The SMILES string of the molecule is CCCCCCCNc1ccc(C)c(Br)c1. The summed E-state index contributed by atoms with van der Waals surface area (Å²) >= 11 is 3.55. The maximum Gasteiger partial charge on any atom is 0.0351 e. The number of hydrogen-bond acceptors (Lipinski definition) is 1. The van der Waals surface area contributed by atoms with Crippen LogP contribution in [0.3, 0.4) is 0 Å². The van der Waals surface area contributed by atoms with E-state index in [1.54, 1.807) is 0 Å². The zero-order chi connectivity index (χ0) is 11.8. The summed E-state index contributed by atoms with van der Waals surface area (Å²) < 4.78 is 1.18. The fourth-order valence-corrected chi connectivity index (χ4v) is 2.04. The molecule has 1 rings (SSSR count). The van der Waals surface area contributed by atoms with Crippen LogP contribution in [0.5, 0.6) is 0 Å². The van der Waals surface area contributed by atoms with Gasteiger partial charge in [-0.25, -0.2) is 0 Å². The molecule has 0 fully saturated rings. The Morgan fingerprint density at radius 3 is 2.56 bits per heavy atom. The Labute approximate surface area is 108 Å². The molecule has 1 N–H and O–H groups in total. The van der Waals surface area contributed by atoms with Gasteiger partial charge >= 0.3 is 0 Å². The van der Waals surface area contributed by atoms with E-state index in [1.165, 1.54) is 47.8 Å². The molecule has 0 amide bonds. The second kappa shape index (κ2) is 7.72. The van der Waals surface area contributed by atoms with Crippen molar-refractivity contribution in [3.8, 4) is 0 Å². The van der Waals surface area contributed by atoms with Gasteiger partial charge in [-0.3, -0.25) is 0 Å². The Hall–Kier alpha value is -0.500. The first kappa shape index (κ1) is 13.6. The molecule has 0 unspecified atom stereocenters. The molecule has 0 saturated heterocycles. The molecule has 0 heterocycles. The average molecular weight is 284 g/mol. The van der Waals surface area contributed by atoms with Gasteiger partial charge in [-0.2, -0.15) is 0 Å². The predicted octanol–water partition coefficient (Wildman–Crippen LogP) is 5.14. The molecule has 0 aliphatic rings. The molecule has 0 bridgehead atoms. The molecule has 1 aromatic carbocycles. The minimum Gasteiger partial charge on any atom is -0.385 e. The van der Waals surface area contributed by atoms with Crippen molar-refractivity contribution in [2.24, 2.45) is 0 Å². The Morgan fingerprint density at radius 1 is 1.12 bits per heavy atom. The van der Waals surface area contributed by atoms with Crippen molar-refractivity contribution in [1.82, 2.24) is 0 Å². The quantitative estimate of drug-likeness (QED) is 0.683. The van der Waals surface area contributed by atoms with Crippen molar-refractivity contribution >= 4 is 21.6 Å². The lowest BCUT2D eigenvalue weighted by atomic mass is 10.1. The molecule has 0 aliphatic heterocycles. The summed E-state index contributed by atoms with van der Waals surface area (Å²) in [5.74, 6) is 0. The standard InChI is InChI=1S/C14H22BrN/c1-3-4-5-6-7-10-16-13-9-8-12(2)14(15)11-13/h8-9,11,16H,3-7,10H2,1-2H3. The van der Waals surface area contributed by atoms with Crippen molar-refractivity contribution in [3.63, 3.8) is 0 Å². The Kier molecular flexibility index (Phi) is 6.55. The monoisotopic (exact) mass is 283 g/mol. The molecule has 0 saturated carbocycles. The molecule has 0 aliphatic carbocycles. The number of aryl methyl sites for hydroxylation is 1. The fourth-order valence-electron chi connectivity index (χ4n) is 1.66. The van der Waals surface area contributed by atoms with Crippen LogP contribution in [0, 0.1) is 6.92 Å². The highest BCUT2D eigenvalue weighted by Gasteiger charge is 1.96. The largest absolute Gasteiger partial charge is 0.385 e. The van der Waals surface area contributed by atoms with Crippen molar-refractivity contribution in [2.75, 3.05) is 11.9 Å². The van der Waals surface area contributed by atoms with E-state index in [-0.39, 0.29) is 0 Å². The van der Waals surface area contributed by atoms with Gasteiger partial charge in [0.05, 0.1) is 0 Å². The first-order valence-corrected chi connectivity index (χ1v) is 7.03. The third kappa shape index (κ3) is 5.02. The number of rotatable bonds is 7. The Bertz CT molecular complexity index is 310. The van der Waals surface area contributed by atoms with Crippen LogP contribution < -0.4 is 5.32 Å². The summed E-state index contributed by atoms with van der Waals surface area (Å²) in [5, 5.41) is 3.46. The van der Waals surface area contributed by atoms with E-state index >= 15 is 0 Å². The lowest BCUT2D eigenvalue weighted by Crippen LogP contribution is -2.01. The van der Waals surface area contributed by atoms with E-state index in [0.29, 0.717) is 0 Å². The lowest BCUT2D eigenvalue weighted by molar-refractivity contribution is 0.645. The summed E-state index contributed by atoms with van der Waals surface area (Å²) in [4.78, 5) is 0. The highest BCUT2D eigenvalue weighted by Crippen LogP contribution is 2.20. The van der Waals surface area contributed by atoms with Crippen LogP contribution in [-0.4, -0.2) is 6.54 Å². The molecule has 16 heavy (non-hydrogen) atoms. The zero-order valence-electron chi connectivity index (χ0n) is 10.4. The molecular formula is C14H22BrN. The van der Waals surface area contributed by atoms with Crippen LogP contribution in [-0.2, 0) is 0 Å². The van der Waals surface area contributed by atoms with E-state index in [9.17, 15) is 0 Å². The minimum atomic E-state index is 1.08. The molecule has 1 aromatic rings. The van der Waals surface area contributed by atoms with E-state index in [1.807, 2.05) is 0 Å². The van der Waals surface area contributed by atoms with Gasteiger partial charge in [-0.05, 0) is 31.0 Å². The number of hydrogen-bond donors (Lipinski definition) is 1. The summed E-state index contributed by atoms with van der Waals surface area (Å²) in [6.07, 6.45) is 6.67. The van der Waals surface area contributed by atoms with Crippen LogP contribution in [0.1, 0.15) is 44.6 Å². The molecule has 0 radical (unpaired) electrons. The van der Waals surface area contributed by atoms with E-state index < -0.39 is 0 Å². The highest BCUT2D eigenvalue weighted by atomic mass is 79.9. The molecule has 0 atom stereocenters. The van der Waals surface area contributed by atoms with Crippen LogP contribution in [0.15, 0.2) is 22.7 Å². The van der Waals surface area contributed by atoms with Crippen LogP contribution in [0.25, 0.3) is 0 Å². The van der Waals surface area contributed by atoms with Crippen molar-refractivity contribution in [1.29, 1.82) is 0 Å². The Balaban J connectivity index is 2.19. The first-order chi connectivity index (χ1) is 7.74. The van der Waals surface area contributed by atoms with Crippen molar-refractivity contribution in [3.05, 3.63) is 28.2 Å². The van der Waals surface area contributed by atoms with Gasteiger partial charge < -0.3 is 5.32 Å². The topological polar surface area (TPSA) is 12.0 Å². The maximum absolute atomic E-state index is 3.55. The molecule has 2 heteroatoms. The number of benzene rings is 1. The van der Waals surface area contributed by atoms with E-state index in [4.69, 9.17) is 0 Å². The van der Waals surface area contributed by atoms with Crippen LogP contribution in [0.2, 0.25) is 0 Å². The number of nitrogens with one attached hydrogen (secondary N) is 1. The van der Waals surface area contributed by atoms with Gasteiger partial charge in [-0.1, -0.05) is 54.6 Å². The number of unbranched alkanes of at least 4 members (excludes halogenated alkanes) is 4. The van der Waals surface area contributed by atoms with Gasteiger partial charge in [0.15, 0.2) is 0 Å². The summed E-state index contributed by atoms with van der Waals surface area (Å²) in [5.41, 5.74) is 2.50. The van der Waals surface area contributed by atoms with Gasteiger partial charge in [0.25, 0.3) is 0 Å². The number of halogens is 1. The van der Waals surface area contributed by atoms with Gasteiger partial charge in [-0.15, -0.1) is 0 Å². The zero-order valence-corrected chi connectivity index (χ0v) is 11.9. The average Bonchev–Trinajstić information content (AvgIpc) is 2.28. The van der Waals surface area contributed by atoms with Gasteiger partial charge in [0.2, 0.25) is 0 Å². The molecule has 1 nitrogen and oxygen atoms in total. The Morgan fingerprint density at radius 2 is 1.88 bits per heavy atom. The van der Waals surface area contributed by atoms with Crippen molar-refractivity contribution < 1.29 is 0 Å². The predicted molar refractivity (Wildman–Crippen MR) is 76.1 cm³/mol. The molecule has 90 valence electrons. The lowest BCUT2D eigenvalue weighted by Gasteiger charge is -2.07. The van der Waals surface area contributed by atoms with Crippen LogP contribution >= 0.6 is 15.9 Å². The second-order valence-electron chi connectivity index (χ2n) is 4.30. The molecule has 0 spiro atoms. The van der Waals surface area contributed by atoms with E-state index in [2.05, 4.69) is 53.3 Å². The normalized spacial score (nSPS) is 10.4. The number of anilines is 1. The fraction of sp³-hybridized carbons (Fsp3) is 0.571. The second-order valence-corrected chi connectivity index (χ2v) is 5.16. The third-order valence-electron chi connectivity index (χ3n) is 2.78. The summed E-state index contributed by atoms with van der Waals surface area (Å²) in [7, 11) is 0. The highest BCUT2D eigenvalue weighted by molar-refractivity contribution is 9.10. The summed E-state index contributed by atoms with van der Waals surface area (Å²) in [6.45, 7) is 5.44. The molecular weight excluding hydrogens is 262 g/mol. The van der Waals surface area contributed by atoms with Gasteiger partial charge in [0, 0.05) is 16.7 Å². The first-order valence-electron chi connectivity index (χ1n) is 6.24. The third-order valence-corrected chi connectivity index (χ3v) is 3.64. The smallest absolute Gasteiger partial charge is 0.0351 e. The van der Waals surface area contributed by atoms with Crippen molar-refractivity contribution in [2.45, 2.75) is 46.0 Å².